The fourth-order valence-electron chi connectivity index (χ4n) is 1.31. The molecular formula is C10H10N4O2S3. The van der Waals surface area contributed by atoms with E-state index >= 15 is 0 Å². The molecule has 0 saturated carbocycles. The summed E-state index contributed by atoms with van der Waals surface area (Å²) in [6.07, 6.45) is 1.91. The van der Waals surface area contributed by atoms with Gasteiger partial charge in [-0.3, -0.25) is 0 Å². The molecule has 2 aromatic heterocycles. The van der Waals surface area contributed by atoms with Gasteiger partial charge in [0.1, 0.15) is 5.03 Å². The number of aryl methyl sites for hydroxylation is 1. The fraction of sp³-hybridized carbons (Fsp3) is 0.300. The molecule has 0 atom stereocenters. The molecule has 2 rings (SSSR count). The van der Waals surface area contributed by atoms with E-state index in [4.69, 9.17) is 0 Å². The maximum absolute atomic E-state index is 11.3. The molecule has 19 heavy (non-hydrogen) atoms. The Bertz CT molecular complexity index is 629. The van der Waals surface area contributed by atoms with E-state index in [1.54, 1.807) is 13.8 Å². The Hall–Kier alpha value is -1.19. The third-order valence-corrected chi connectivity index (χ3v) is 5.31. The molecule has 0 unspecified atom stereocenters. The molecule has 0 aromatic carbocycles. The monoisotopic (exact) mass is 314 g/mol. The summed E-state index contributed by atoms with van der Waals surface area (Å²) >= 11 is 4.08. The number of carboxylic acids is 1. The van der Waals surface area contributed by atoms with Gasteiger partial charge < -0.3 is 5.11 Å². The number of thioether (sulfide) groups is 1. The summed E-state index contributed by atoms with van der Waals surface area (Å²) in [5.74, 6) is -1.01. The van der Waals surface area contributed by atoms with Gasteiger partial charge in [0.25, 0.3) is 0 Å². The van der Waals surface area contributed by atoms with E-state index in [9.17, 15) is 9.90 Å². The van der Waals surface area contributed by atoms with Gasteiger partial charge in [0.15, 0.2) is 8.68 Å². The number of nitrogens with zero attached hydrogens (tertiary/aromatic N) is 4. The molecule has 1 N–H and O–H groups in total. The van der Waals surface area contributed by atoms with Crippen LogP contribution in [0.15, 0.2) is 13.7 Å². The lowest BCUT2D eigenvalue weighted by Crippen LogP contribution is -2.07. The van der Waals surface area contributed by atoms with Crippen molar-refractivity contribution in [3.8, 4) is 0 Å². The van der Waals surface area contributed by atoms with E-state index in [1.165, 1.54) is 34.9 Å². The predicted molar refractivity (Wildman–Crippen MR) is 74.3 cm³/mol. The van der Waals surface area contributed by atoms with Gasteiger partial charge in [-0.1, -0.05) is 23.1 Å². The average molecular weight is 314 g/mol. The second-order valence-electron chi connectivity index (χ2n) is 3.54. The maximum atomic E-state index is 11.3. The first-order chi connectivity index (χ1) is 9.02. The first-order valence-corrected chi connectivity index (χ1v) is 8.01. The van der Waals surface area contributed by atoms with Crippen molar-refractivity contribution in [2.45, 2.75) is 27.6 Å². The van der Waals surface area contributed by atoms with Crippen molar-refractivity contribution in [3.05, 3.63) is 16.8 Å². The lowest BCUT2D eigenvalue weighted by molar-refractivity contribution is 0.0690. The molecule has 0 aliphatic rings. The summed E-state index contributed by atoms with van der Waals surface area (Å²) in [6.45, 7) is 3.46. The quantitative estimate of drug-likeness (QED) is 0.861. The fourth-order valence-corrected chi connectivity index (χ4v) is 3.79. The zero-order valence-electron chi connectivity index (χ0n) is 10.4. The summed E-state index contributed by atoms with van der Waals surface area (Å²) in [5.41, 5.74) is 1.42. The molecule has 100 valence electrons. The Morgan fingerprint density at radius 3 is 2.42 bits per heavy atom. The SMILES string of the molecule is CSc1nnc(Sc2nnc(C)c(C)c2C(=O)O)s1. The summed E-state index contributed by atoms with van der Waals surface area (Å²) in [7, 11) is 0. The van der Waals surface area contributed by atoms with Crippen LogP contribution < -0.4 is 0 Å². The molecule has 0 aliphatic heterocycles. The van der Waals surface area contributed by atoms with Gasteiger partial charge in [0, 0.05) is 0 Å². The minimum atomic E-state index is -1.01. The highest BCUT2D eigenvalue weighted by Gasteiger charge is 2.20. The van der Waals surface area contributed by atoms with E-state index in [2.05, 4.69) is 20.4 Å². The van der Waals surface area contributed by atoms with Crippen molar-refractivity contribution in [2.75, 3.05) is 6.26 Å². The summed E-state index contributed by atoms with van der Waals surface area (Å²) in [6, 6.07) is 0. The lowest BCUT2D eigenvalue weighted by atomic mass is 10.1. The molecule has 0 amide bonds. The Morgan fingerprint density at radius 1 is 1.16 bits per heavy atom. The molecule has 0 spiro atoms. The third kappa shape index (κ3) is 3.04. The van der Waals surface area contributed by atoms with Crippen LogP contribution in [0.3, 0.4) is 0 Å². The van der Waals surface area contributed by atoms with Crippen molar-refractivity contribution in [2.24, 2.45) is 0 Å². The van der Waals surface area contributed by atoms with E-state index in [1.807, 2.05) is 6.26 Å². The normalized spacial score (nSPS) is 10.7. The molecule has 6 nitrogen and oxygen atoms in total. The van der Waals surface area contributed by atoms with Crippen LogP contribution in [0.1, 0.15) is 21.6 Å². The first kappa shape index (κ1) is 14.2. The Morgan fingerprint density at radius 2 is 1.84 bits per heavy atom. The highest BCUT2D eigenvalue weighted by Crippen LogP contribution is 2.34. The first-order valence-electron chi connectivity index (χ1n) is 5.15. The minimum absolute atomic E-state index is 0.179. The van der Waals surface area contributed by atoms with Crippen LogP contribution in [0.2, 0.25) is 0 Å². The van der Waals surface area contributed by atoms with Gasteiger partial charge in [-0.25, -0.2) is 4.79 Å². The molecule has 0 aliphatic carbocycles. The topological polar surface area (TPSA) is 88.9 Å². The van der Waals surface area contributed by atoms with Crippen LogP contribution in [-0.2, 0) is 0 Å². The molecule has 2 heterocycles. The van der Waals surface area contributed by atoms with E-state index in [0.717, 1.165) is 4.34 Å². The summed E-state index contributed by atoms with van der Waals surface area (Å²) in [4.78, 5) is 11.3. The van der Waals surface area contributed by atoms with Crippen molar-refractivity contribution < 1.29 is 9.90 Å². The predicted octanol–water partition coefficient (Wildman–Crippen LogP) is 2.52. The number of aromatic carboxylic acids is 1. The second-order valence-corrected chi connectivity index (χ2v) is 6.80. The zero-order chi connectivity index (χ0) is 14.0. The third-order valence-electron chi connectivity index (χ3n) is 2.38. The Kier molecular flexibility index (Phi) is 4.38. The number of carbonyl (C=O) groups is 1. The smallest absolute Gasteiger partial charge is 0.338 e. The number of aromatic nitrogens is 4. The van der Waals surface area contributed by atoms with Crippen LogP contribution in [0, 0.1) is 13.8 Å². The standard InChI is InChI=1S/C10H10N4O2S3/c1-4-5(2)11-12-7(6(4)8(15)16)18-10-14-13-9(17-3)19-10/h1-3H3,(H,15,16). The Labute approximate surface area is 122 Å². The summed E-state index contributed by atoms with van der Waals surface area (Å²) < 4.78 is 1.49. The van der Waals surface area contributed by atoms with Crippen molar-refractivity contribution >= 4 is 40.8 Å². The highest BCUT2D eigenvalue weighted by molar-refractivity contribution is 8.03. The van der Waals surface area contributed by atoms with Crippen LogP contribution in [-0.4, -0.2) is 37.7 Å². The lowest BCUT2D eigenvalue weighted by Gasteiger charge is -2.06. The van der Waals surface area contributed by atoms with E-state index in [-0.39, 0.29) is 5.56 Å². The van der Waals surface area contributed by atoms with Crippen LogP contribution in [0.4, 0.5) is 0 Å². The molecule has 0 fully saturated rings. The Balaban J connectivity index is 2.39. The zero-order valence-corrected chi connectivity index (χ0v) is 12.8. The van der Waals surface area contributed by atoms with Crippen molar-refractivity contribution in [3.63, 3.8) is 0 Å². The summed E-state index contributed by atoms with van der Waals surface area (Å²) in [5, 5.41) is 25.5. The molecule has 0 bridgehead atoms. The van der Waals surface area contributed by atoms with Gasteiger partial charge in [0.2, 0.25) is 0 Å². The van der Waals surface area contributed by atoms with Gasteiger partial charge in [-0.15, -0.1) is 15.3 Å². The highest BCUT2D eigenvalue weighted by atomic mass is 32.2. The number of hydrogen-bond donors (Lipinski definition) is 1. The van der Waals surface area contributed by atoms with Gasteiger partial charge >= 0.3 is 5.97 Å². The molecule has 2 aromatic rings. The van der Waals surface area contributed by atoms with E-state index < -0.39 is 5.97 Å². The molecule has 0 radical (unpaired) electrons. The molecule has 0 saturated heterocycles. The van der Waals surface area contributed by atoms with E-state index in [0.29, 0.717) is 20.6 Å². The average Bonchev–Trinajstić information content (AvgIpc) is 2.81. The number of carboxylic acid groups (broad SMARTS) is 1. The van der Waals surface area contributed by atoms with Crippen molar-refractivity contribution in [1.29, 1.82) is 0 Å². The van der Waals surface area contributed by atoms with Gasteiger partial charge in [0.05, 0.1) is 11.3 Å². The van der Waals surface area contributed by atoms with Gasteiger partial charge in [-0.05, 0) is 37.4 Å². The van der Waals surface area contributed by atoms with Gasteiger partial charge in [-0.2, -0.15) is 5.10 Å². The van der Waals surface area contributed by atoms with Crippen LogP contribution >= 0.6 is 34.9 Å². The largest absolute Gasteiger partial charge is 0.478 e. The molecule has 9 heteroatoms. The minimum Gasteiger partial charge on any atom is -0.478 e. The van der Waals surface area contributed by atoms with Crippen LogP contribution in [0.5, 0.6) is 0 Å². The maximum Gasteiger partial charge on any atom is 0.338 e. The second kappa shape index (κ2) is 5.85. The molecular weight excluding hydrogens is 304 g/mol. The number of hydrogen-bond acceptors (Lipinski definition) is 8. The number of rotatable bonds is 4. The van der Waals surface area contributed by atoms with Crippen molar-refractivity contribution in [1.82, 2.24) is 20.4 Å². The van der Waals surface area contributed by atoms with Crippen LogP contribution in [0.25, 0.3) is 0 Å².